The van der Waals surface area contributed by atoms with Crippen LogP contribution in [-0.4, -0.2) is 45.8 Å². The SMILES string of the molecule is CN(C)c1ccnc(N[C@@H]2CCCC[C@H]2NS(C)(=O)=O)c1. The average Bonchev–Trinajstić information content (AvgIpc) is 2.40. The van der Waals surface area contributed by atoms with Gasteiger partial charge in [-0.2, -0.15) is 0 Å². The molecule has 2 atom stereocenters. The minimum atomic E-state index is -3.19. The second-order valence-corrected chi connectivity index (χ2v) is 7.61. The zero-order chi connectivity index (χ0) is 15.5. The second kappa shape index (κ2) is 6.62. The highest BCUT2D eigenvalue weighted by atomic mass is 32.2. The van der Waals surface area contributed by atoms with E-state index in [4.69, 9.17) is 0 Å². The largest absolute Gasteiger partial charge is 0.378 e. The molecule has 2 N–H and O–H groups in total. The molecule has 1 aliphatic rings. The van der Waals surface area contributed by atoms with E-state index in [2.05, 4.69) is 15.0 Å². The zero-order valence-corrected chi connectivity index (χ0v) is 13.7. The molecule has 1 heterocycles. The minimum absolute atomic E-state index is 0.0708. The molecular weight excluding hydrogens is 288 g/mol. The Balaban J connectivity index is 2.10. The first-order valence-corrected chi connectivity index (χ1v) is 9.11. The first kappa shape index (κ1) is 16.0. The summed E-state index contributed by atoms with van der Waals surface area (Å²) >= 11 is 0. The molecular formula is C14H24N4O2S. The van der Waals surface area contributed by atoms with Gasteiger partial charge in [-0.15, -0.1) is 0 Å². The van der Waals surface area contributed by atoms with Gasteiger partial charge in [0.05, 0.1) is 6.26 Å². The summed E-state index contributed by atoms with van der Waals surface area (Å²) in [5, 5.41) is 3.38. The molecule has 1 aromatic heterocycles. The third kappa shape index (κ3) is 4.86. The molecule has 2 rings (SSSR count). The lowest BCUT2D eigenvalue weighted by Crippen LogP contribution is -2.48. The van der Waals surface area contributed by atoms with Gasteiger partial charge < -0.3 is 10.2 Å². The predicted octanol–water partition coefficient (Wildman–Crippen LogP) is 1.42. The van der Waals surface area contributed by atoms with Crippen LogP contribution in [0.5, 0.6) is 0 Å². The lowest BCUT2D eigenvalue weighted by atomic mass is 9.91. The number of anilines is 2. The van der Waals surface area contributed by atoms with Crippen molar-refractivity contribution in [3.05, 3.63) is 18.3 Å². The normalized spacial score (nSPS) is 22.8. The summed E-state index contributed by atoms with van der Waals surface area (Å²) in [6.07, 6.45) is 6.94. The van der Waals surface area contributed by atoms with Crippen LogP contribution in [0.1, 0.15) is 25.7 Å². The summed E-state index contributed by atoms with van der Waals surface area (Å²) < 4.78 is 25.7. The highest BCUT2D eigenvalue weighted by Gasteiger charge is 2.27. The maximum atomic E-state index is 11.5. The Kier molecular flexibility index (Phi) is 5.05. The van der Waals surface area contributed by atoms with Gasteiger partial charge in [-0.3, -0.25) is 0 Å². The Morgan fingerprint density at radius 3 is 2.52 bits per heavy atom. The first-order valence-electron chi connectivity index (χ1n) is 7.22. The molecule has 7 heteroatoms. The van der Waals surface area contributed by atoms with E-state index in [0.29, 0.717) is 0 Å². The monoisotopic (exact) mass is 312 g/mol. The van der Waals surface area contributed by atoms with E-state index < -0.39 is 10.0 Å². The summed E-state index contributed by atoms with van der Waals surface area (Å²) in [6, 6.07) is 3.93. The lowest BCUT2D eigenvalue weighted by Gasteiger charge is -2.32. The maximum Gasteiger partial charge on any atom is 0.209 e. The molecule has 0 unspecified atom stereocenters. The average molecular weight is 312 g/mol. The molecule has 6 nitrogen and oxygen atoms in total. The van der Waals surface area contributed by atoms with Crippen molar-refractivity contribution in [2.45, 2.75) is 37.8 Å². The van der Waals surface area contributed by atoms with Gasteiger partial charge in [0.15, 0.2) is 0 Å². The third-order valence-electron chi connectivity index (χ3n) is 3.72. The Morgan fingerprint density at radius 1 is 1.24 bits per heavy atom. The van der Waals surface area contributed by atoms with E-state index in [1.807, 2.05) is 31.1 Å². The van der Waals surface area contributed by atoms with E-state index in [1.165, 1.54) is 6.26 Å². The van der Waals surface area contributed by atoms with E-state index in [0.717, 1.165) is 37.2 Å². The molecule has 0 spiro atoms. The molecule has 0 bridgehead atoms. The Labute approximate surface area is 127 Å². The van der Waals surface area contributed by atoms with Gasteiger partial charge in [0.2, 0.25) is 10.0 Å². The summed E-state index contributed by atoms with van der Waals surface area (Å²) in [6.45, 7) is 0. The standard InChI is InChI=1S/C14H24N4O2S/c1-18(2)11-8-9-15-14(10-11)16-12-6-4-5-7-13(12)17-21(3,19)20/h8-10,12-13,17H,4-7H2,1-3H3,(H,15,16)/t12-,13-/m1/s1. The van der Waals surface area contributed by atoms with Gasteiger partial charge in [0.1, 0.15) is 5.82 Å². The fraction of sp³-hybridized carbons (Fsp3) is 0.643. The summed E-state index contributed by atoms with van der Waals surface area (Å²) in [7, 11) is 0.771. The van der Waals surface area contributed by atoms with Crippen molar-refractivity contribution in [2.24, 2.45) is 0 Å². The minimum Gasteiger partial charge on any atom is -0.378 e. The zero-order valence-electron chi connectivity index (χ0n) is 12.8. The van der Waals surface area contributed by atoms with Gasteiger partial charge in [0, 0.05) is 44.1 Å². The van der Waals surface area contributed by atoms with Crippen LogP contribution in [0.15, 0.2) is 18.3 Å². The smallest absolute Gasteiger partial charge is 0.209 e. The summed E-state index contributed by atoms with van der Waals surface area (Å²) in [4.78, 5) is 6.35. The molecule has 1 aliphatic carbocycles. The fourth-order valence-electron chi connectivity index (χ4n) is 2.69. The molecule has 118 valence electrons. The number of hydrogen-bond donors (Lipinski definition) is 2. The number of aromatic nitrogens is 1. The van der Waals surface area contributed by atoms with Crippen molar-refractivity contribution in [3.8, 4) is 0 Å². The predicted molar refractivity (Wildman–Crippen MR) is 86.2 cm³/mol. The van der Waals surface area contributed by atoms with Crippen LogP contribution in [0.3, 0.4) is 0 Å². The quantitative estimate of drug-likeness (QED) is 0.860. The Bertz CT molecular complexity index is 574. The topological polar surface area (TPSA) is 74.3 Å². The fourth-order valence-corrected chi connectivity index (χ4v) is 3.52. The third-order valence-corrected chi connectivity index (χ3v) is 4.46. The van der Waals surface area contributed by atoms with Crippen LogP contribution in [-0.2, 0) is 10.0 Å². The first-order chi connectivity index (χ1) is 9.85. The second-order valence-electron chi connectivity index (χ2n) is 5.83. The molecule has 21 heavy (non-hydrogen) atoms. The van der Waals surface area contributed by atoms with Crippen LogP contribution >= 0.6 is 0 Å². The van der Waals surface area contributed by atoms with Crippen LogP contribution in [0.25, 0.3) is 0 Å². The lowest BCUT2D eigenvalue weighted by molar-refractivity contribution is 0.379. The highest BCUT2D eigenvalue weighted by Crippen LogP contribution is 2.23. The Morgan fingerprint density at radius 2 is 1.90 bits per heavy atom. The van der Waals surface area contributed by atoms with Crippen LogP contribution < -0.4 is 14.9 Å². The van der Waals surface area contributed by atoms with Crippen molar-refractivity contribution in [1.29, 1.82) is 0 Å². The number of nitrogens with one attached hydrogen (secondary N) is 2. The summed E-state index contributed by atoms with van der Waals surface area (Å²) in [5.74, 6) is 0.786. The Hall–Kier alpha value is -1.34. The highest BCUT2D eigenvalue weighted by molar-refractivity contribution is 7.88. The number of hydrogen-bond acceptors (Lipinski definition) is 5. The van der Waals surface area contributed by atoms with Crippen LogP contribution in [0, 0.1) is 0 Å². The van der Waals surface area contributed by atoms with Crippen molar-refractivity contribution < 1.29 is 8.42 Å². The molecule has 0 radical (unpaired) electrons. The van der Waals surface area contributed by atoms with E-state index in [1.54, 1.807) is 6.20 Å². The van der Waals surface area contributed by atoms with Crippen molar-refractivity contribution in [1.82, 2.24) is 9.71 Å². The van der Waals surface area contributed by atoms with E-state index in [-0.39, 0.29) is 12.1 Å². The van der Waals surface area contributed by atoms with Gasteiger partial charge >= 0.3 is 0 Å². The molecule has 0 aromatic carbocycles. The van der Waals surface area contributed by atoms with Crippen molar-refractivity contribution in [2.75, 3.05) is 30.6 Å². The molecule has 1 saturated carbocycles. The van der Waals surface area contributed by atoms with Gasteiger partial charge in [-0.25, -0.2) is 18.1 Å². The molecule has 0 aliphatic heterocycles. The molecule has 1 aromatic rings. The number of nitrogens with zero attached hydrogens (tertiary/aromatic N) is 2. The number of pyridine rings is 1. The molecule has 1 fully saturated rings. The van der Waals surface area contributed by atoms with Gasteiger partial charge in [-0.1, -0.05) is 12.8 Å². The summed E-state index contributed by atoms with van der Waals surface area (Å²) in [5.41, 5.74) is 1.07. The van der Waals surface area contributed by atoms with Crippen LogP contribution in [0.4, 0.5) is 11.5 Å². The molecule has 0 amide bonds. The van der Waals surface area contributed by atoms with Gasteiger partial charge in [-0.05, 0) is 18.9 Å². The van der Waals surface area contributed by atoms with E-state index in [9.17, 15) is 8.42 Å². The van der Waals surface area contributed by atoms with Crippen molar-refractivity contribution >= 4 is 21.5 Å². The van der Waals surface area contributed by atoms with E-state index >= 15 is 0 Å². The molecule has 0 saturated heterocycles. The number of sulfonamides is 1. The van der Waals surface area contributed by atoms with Crippen molar-refractivity contribution in [3.63, 3.8) is 0 Å². The maximum absolute atomic E-state index is 11.5. The van der Waals surface area contributed by atoms with Crippen LogP contribution in [0.2, 0.25) is 0 Å². The van der Waals surface area contributed by atoms with Gasteiger partial charge in [0.25, 0.3) is 0 Å². The number of rotatable bonds is 5.